The number of nitrogen functional groups attached to an aromatic ring is 1. The van der Waals surface area contributed by atoms with Crippen molar-refractivity contribution in [2.75, 3.05) is 24.7 Å². The van der Waals surface area contributed by atoms with Crippen LogP contribution in [0.1, 0.15) is 32.9 Å². The summed E-state index contributed by atoms with van der Waals surface area (Å²) in [7, 11) is 3.61. The lowest BCUT2D eigenvalue weighted by molar-refractivity contribution is 0.0343. The van der Waals surface area contributed by atoms with Crippen LogP contribution in [0.5, 0.6) is 0 Å². The first-order chi connectivity index (χ1) is 7.91. The number of aromatic nitrogens is 2. The summed E-state index contributed by atoms with van der Waals surface area (Å²) < 4.78 is 7.16. The molecule has 98 valence electrons. The molecule has 1 aromatic rings. The van der Waals surface area contributed by atoms with Gasteiger partial charge in [-0.25, -0.2) is 0 Å². The van der Waals surface area contributed by atoms with Crippen LogP contribution < -0.4 is 11.1 Å². The molecule has 0 aromatic carbocycles. The third kappa shape index (κ3) is 3.36. The molecule has 1 aromatic heterocycles. The number of ether oxygens (including phenoxy) is 1. The van der Waals surface area contributed by atoms with Crippen LogP contribution in [0.4, 0.5) is 11.5 Å². The number of nitrogens with two attached hydrogens (primary N) is 1. The number of rotatable bonds is 6. The molecule has 0 spiro atoms. The second-order valence-electron chi connectivity index (χ2n) is 4.90. The van der Waals surface area contributed by atoms with Gasteiger partial charge in [0.25, 0.3) is 0 Å². The minimum atomic E-state index is -0.221. The summed E-state index contributed by atoms with van der Waals surface area (Å²) in [5.74, 6) is 0.874. The predicted molar refractivity (Wildman–Crippen MR) is 71.2 cm³/mol. The molecule has 0 amide bonds. The first-order valence-corrected chi connectivity index (χ1v) is 6.01. The van der Waals surface area contributed by atoms with Crippen molar-refractivity contribution in [2.24, 2.45) is 7.05 Å². The Labute approximate surface area is 103 Å². The average Bonchev–Trinajstić information content (AvgIpc) is 2.53. The highest BCUT2D eigenvalue weighted by Gasteiger charge is 2.19. The third-order valence-electron chi connectivity index (χ3n) is 2.88. The van der Waals surface area contributed by atoms with E-state index >= 15 is 0 Å². The van der Waals surface area contributed by atoms with Crippen LogP contribution in [0.2, 0.25) is 0 Å². The van der Waals surface area contributed by atoms with Gasteiger partial charge in [0.05, 0.1) is 17.0 Å². The molecule has 17 heavy (non-hydrogen) atoms. The van der Waals surface area contributed by atoms with E-state index in [1.165, 1.54) is 0 Å². The summed E-state index contributed by atoms with van der Waals surface area (Å²) >= 11 is 0. The van der Waals surface area contributed by atoms with Gasteiger partial charge in [-0.05, 0) is 20.3 Å². The van der Waals surface area contributed by atoms with Gasteiger partial charge in [-0.1, -0.05) is 13.3 Å². The molecule has 0 aliphatic carbocycles. The van der Waals surface area contributed by atoms with Crippen LogP contribution in [0, 0.1) is 0 Å². The van der Waals surface area contributed by atoms with E-state index in [9.17, 15) is 0 Å². The maximum atomic E-state index is 6.07. The molecule has 0 unspecified atom stereocenters. The van der Waals surface area contributed by atoms with Gasteiger partial charge in [0.15, 0.2) is 0 Å². The Hall–Kier alpha value is -1.23. The fraction of sp³-hybridized carbons (Fsp3) is 0.750. The largest absolute Gasteiger partial charge is 0.394 e. The Balaban J connectivity index is 2.77. The van der Waals surface area contributed by atoms with E-state index in [2.05, 4.69) is 17.3 Å². The molecule has 0 aliphatic heterocycles. The van der Waals surface area contributed by atoms with E-state index in [-0.39, 0.29) is 5.60 Å². The molecule has 0 saturated carbocycles. The normalized spacial score (nSPS) is 11.8. The maximum absolute atomic E-state index is 6.07. The van der Waals surface area contributed by atoms with Gasteiger partial charge in [0, 0.05) is 20.7 Å². The Morgan fingerprint density at radius 3 is 2.65 bits per heavy atom. The Morgan fingerprint density at radius 2 is 2.12 bits per heavy atom. The van der Waals surface area contributed by atoms with Crippen LogP contribution in [0.3, 0.4) is 0 Å². The van der Waals surface area contributed by atoms with Gasteiger partial charge in [0.2, 0.25) is 0 Å². The smallest absolute Gasteiger partial charge is 0.147 e. The van der Waals surface area contributed by atoms with Crippen LogP contribution in [-0.2, 0) is 18.2 Å². The monoisotopic (exact) mass is 240 g/mol. The summed E-state index contributed by atoms with van der Waals surface area (Å²) in [6.07, 6.45) is 1.96. The number of hydrogen-bond acceptors (Lipinski definition) is 4. The van der Waals surface area contributed by atoms with E-state index in [1.54, 1.807) is 11.8 Å². The molecular formula is C12H24N4O. The summed E-state index contributed by atoms with van der Waals surface area (Å²) in [5, 5.41) is 7.72. The lowest BCUT2D eigenvalue weighted by Crippen LogP contribution is -2.32. The van der Waals surface area contributed by atoms with Gasteiger partial charge in [-0.3, -0.25) is 4.68 Å². The van der Waals surface area contributed by atoms with E-state index in [4.69, 9.17) is 10.5 Å². The third-order valence-corrected chi connectivity index (χ3v) is 2.88. The van der Waals surface area contributed by atoms with E-state index < -0.39 is 0 Å². The van der Waals surface area contributed by atoms with Crippen molar-refractivity contribution >= 4 is 11.5 Å². The summed E-state index contributed by atoms with van der Waals surface area (Å²) in [4.78, 5) is 0. The lowest BCUT2D eigenvalue weighted by Gasteiger charge is -2.23. The predicted octanol–water partition coefficient (Wildman–Crippen LogP) is 1.79. The minimum Gasteiger partial charge on any atom is -0.394 e. The second kappa shape index (κ2) is 5.40. The Kier molecular flexibility index (Phi) is 4.40. The van der Waals surface area contributed by atoms with E-state index in [1.807, 2.05) is 20.9 Å². The van der Waals surface area contributed by atoms with Gasteiger partial charge in [0.1, 0.15) is 5.82 Å². The van der Waals surface area contributed by atoms with Crippen LogP contribution in [0.15, 0.2) is 0 Å². The molecule has 1 heterocycles. The zero-order valence-electron chi connectivity index (χ0n) is 11.5. The van der Waals surface area contributed by atoms with Gasteiger partial charge in [-0.2, -0.15) is 5.10 Å². The topological polar surface area (TPSA) is 65.1 Å². The molecule has 0 radical (unpaired) electrons. The number of anilines is 2. The van der Waals surface area contributed by atoms with Crippen molar-refractivity contribution in [2.45, 2.75) is 39.2 Å². The van der Waals surface area contributed by atoms with Crippen molar-refractivity contribution in [1.82, 2.24) is 9.78 Å². The van der Waals surface area contributed by atoms with Gasteiger partial charge >= 0.3 is 0 Å². The summed E-state index contributed by atoms with van der Waals surface area (Å²) in [6, 6.07) is 0. The summed E-state index contributed by atoms with van der Waals surface area (Å²) in [6.45, 7) is 6.87. The van der Waals surface area contributed by atoms with E-state index in [0.717, 1.165) is 30.0 Å². The first-order valence-electron chi connectivity index (χ1n) is 6.01. The Bertz CT molecular complexity index is 371. The molecular weight excluding hydrogens is 216 g/mol. The second-order valence-corrected chi connectivity index (χ2v) is 4.90. The molecule has 1 rings (SSSR count). The highest BCUT2D eigenvalue weighted by atomic mass is 16.5. The number of hydrogen-bond donors (Lipinski definition) is 2. The number of nitrogens with one attached hydrogen (secondary N) is 1. The Morgan fingerprint density at radius 1 is 1.47 bits per heavy atom. The van der Waals surface area contributed by atoms with Crippen LogP contribution in [0.25, 0.3) is 0 Å². The fourth-order valence-electron chi connectivity index (χ4n) is 1.60. The van der Waals surface area contributed by atoms with Crippen molar-refractivity contribution in [3.05, 3.63) is 5.69 Å². The molecule has 0 saturated heterocycles. The SMILES string of the molecule is CCCc1nn(C)c(NCC(C)(C)OC)c1N. The molecule has 0 fully saturated rings. The average molecular weight is 240 g/mol. The molecule has 3 N–H and O–H groups in total. The molecule has 0 bridgehead atoms. The first kappa shape index (κ1) is 13.8. The van der Waals surface area contributed by atoms with Crippen molar-refractivity contribution in [1.29, 1.82) is 0 Å². The number of nitrogens with zero attached hydrogens (tertiary/aromatic N) is 2. The molecule has 0 aliphatic rings. The number of methoxy groups -OCH3 is 1. The zero-order chi connectivity index (χ0) is 13.1. The highest BCUT2D eigenvalue weighted by Crippen LogP contribution is 2.23. The standard InChI is InChI=1S/C12H24N4O/c1-6-7-9-10(13)11(16(4)15-9)14-8-12(2,3)17-5/h14H,6-8,13H2,1-5H3. The quantitative estimate of drug-likeness (QED) is 0.795. The molecule has 5 nitrogen and oxygen atoms in total. The fourth-order valence-corrected chi connectivity index (χ4v) is 1.60. The van der Waals surface area contributed by atoms with Crippen molar-refractivity contribution in [3.8, 4) is 0 Å². The maximum Gasteiger partial charge on any atom is 0.147 e. The zero-order valence-corrected chi connectivity index (χ0v) is 11.5. The molecule has 5 heteroatoms. The van der Waals surface area contributed by atoms with E-state index in [0.29, 0.717) is 6.54 Å². The van der Waals surface area contributed by atoms with Crippen molar-refractivity contribution in [3.63, 3.8) is 0 Å². The van der Waals surface area contributed by atoms with Crippen LogP contribution in [-0.4, -0.2) is 29.0 Å². The van der Waals surface area contributed by atoms with Gasteiger partial charge in [-0.15, -0.1) is 0 Å². The summed E-state index contributed by atoms with van der Waals surface area (Å²) in [5.41, 5.74) is 7.57. The number of aryl methyl sites for hydroxylation is 2. The van der Waals surface area contributed by atoms with Crippen molar-refractivity contribution < 1.29 is 4.74 Å². The lowest BCUT2D eigenvalue weighted by atomic mass is 10.1. The molecule has 0 atom stereocenters. The highest BCUT2D eigenvalue weighted by molar-refractivity contribution is 5.65. The minimum absolute atomic E-state index is 0.221. The van der Waals surface area contributed by atoms with Gasteiger partial charge < -0.3 is 15.8 Å². The van der Waals surface area contributed by atoms with Crippen LogP contribution >= 0.6 is 0 Å².